The number of aliphatic hydroxyl groups excluding tert-OH is 1. The first-order valence-electron chi connectivity index (χ1n) is 5.91. The van der Waals surface area contributed by atoms with E-state index in [1.165, 1.54) is 0 Å². The Hall–Kier alpha value is -1.26. The summed E-state index contributed by atoms with van der Waals surface area (Å²) >= 11 is 0. The molecule has 0 spiro atoms. The summed E-state index contributed by atoms with van der Waals surface area (Å²) in [6.07, 6.45) is -0.369. The quantitative estimate of drug-likeness (QED) is 0.747. The first-order valence-corrected chi connectivity index (χ1v) is 5.91. The predicted molar refractivity (Wildman–Crippen MR) is 70.8 cm³/mol. The van der Waals surface area contributed by atoms with Gasteiger partial charge in [-0.05, 0) is 18.7 Å². The summed E-state index contributed by atoms with van der Waals surface area (Å²) in [7, 11) is 3.61. The van der Waals surface area contributed by atoms with E-state index in [0.717, 1.165) is 18.0 Å². The molecule has 0 amide bonds. The summed E-state index contributed by atoms with van der Waals surface area (Å²) in [6, 6.07) is 7.82. The molecule has 96 valence electrons. The van der Waals surface area contributed by atoms with Crippen molar-refractivity contribution in [1.82, 2.24) is 5.32 Å². The van der Waals surface area contributed by atoms with Crippen LogP contribution in [0.25, 0.3) is 0 Å². The maximum Gasteiger partial charge on any atom is 0.120 e. The van der Waals surface area contributed by atoms with E-state index < -0.39 is 0 Å². The van der Waals surface area contributed by atoms with E-state index >= 15 is 0 Å². The number of hydrogen-bond donors (Lipinski definition) is 2. The number of nitrogens with one attached hydrogen (secondary N) is 1. The van der Waals surface area contributed by atoms with Gasteiger partial charge in [0.05, 0.1) is 13.2 Å². The molecule has 0 radical (unpaired) electrons. The van der Waals surface area contributed by atoms with Crippen molar-refractivity contribution in [3.05, 3.63) is 24.3 Å². The van der Waals surface area contributed by atoms with E-state index in [1.807, 2.05) is 43.1 Å². The van der Waals surface area contributed by atoms with Crippen LogP contribution in [-0.2, 0) is 0 Å². The molecule has 0 aliphatic rings. The average Bonchev–Trinajstić information content (AvgIpc) is 2.36. The van der Waals surface area contributed by atoms with Gasteiger partial charge in [-0.15, -0.1) is 0 Å². The van der Waals surface area contributed by atoms with Crippen LogP contribution in [0.15, 0.2) is 24.3 Å². The molecule has 2 N–H and O–H groups in total. The number of likely N-dealkylation sites (N-methyl/N-ethyl adjacent to an activating group) is 2. The molecule has 17 heavy (non-hydrogen) atoms. The fourth-order valence-electron chi connectivity index (χ4n) is 1.64. The van der Waals surface area contributed by atoms with Crippen molar-refractivity contribution in [2.75, 3.05) is 38.7 Å². The lowest BCUT2D eigenvalue weighted by Crippen LogP contribution is -2.36. The Kier molecular flexibility index (Phi) is 5.80. The van der Waals surface area contributed by atoms with E-state index in [2.05, 4.69) is 5.32 Å². The molecule has 4 heteroatoms. The smallest absolute Gasteiger partial charge is 0.120 e. The highest BCUT2D eigenvalue weighted by atomic mass is 16.5. The zero-order valence-corrected chi connectivity index (χ0v) is 10.8. The molecule has 1 aromatic carbocycles. The summed E-state index contributed by atoms with van der Waals surface area (Å²) in [6.45, 7) is 4.11. The average molecular weight is 238 g/mol. The third-order valence-electron chi connectivity index (χ3n) is 2.61. The topological polar surface area (TPSA) is 44.7 Å². The lowest BCUT2D eigenvalue weighted by Gasteiger charge is -2.23. The van der Waals surface area contributed by atoms with Crippen molar-refractivity contribution in [3.8, 4) is 5.75 Å². The maximum absolute atomic E-state index is 9.80. The van der Waals surface area contributed by atoms with Crippen LogP contribution in [0.5, 0.6) is 5.75 Å². The van der Waals surface area contributed by atoms with Gasteiger partial charge in [0.15, 0.2) is 0 Å². The van der Waals surface area contributed by atoms with Gasteiger partial charge in [-0.2, -0.15) is 0 Å². The van der Waals surface area contributed by atoms with Crippen LogP contribution in [0.3, 0.4) is 0 Å². The highest BCUT2D eigenvalue weighted by Gasteiger charge is 2.08. The molecule has 1 unspecified atom stereocenters. The summed E-state index contributed by atoms with van der Waals surface area (Å²) in [5, 5.41) is 12.9. The molecular weight excluding hydrogens is 216 g/mol. The largest absolute Gasteiger partial charge is 0.497 e. The second-order valence-electron chi connectivity index (χ2n) is 4.04. The molecule has 0 fully saturated rings. The van der Waals surface area contributed by atoms with Gasteiger partial charge in [0.1, 0.15) is 5.75 Å². The lowest BCUT2D eigenvalue weighted by atomic mass is 10.2. The predicted octanol–water partition coefficient (Wildman–Crippen LogP) is 1.10. The third kappa shape index (κ3) is 4.63. The summed E-state index contributed by atoms with van der Waals surface area (Å²) in [4.78, 5) is 2.02. The number of rotatable bonds is 7. The molecule has 1 aromatic rings. The first-order chi connectivity index (χ1) is 8.17. The Morgan fingerprint density at radius 2 is 2.24 bits per heavy atom. The summed E-state index contributed by atoms with van der Waals surface area (Å²) in [5.41, 5.74) is 1.04. The monoisotopic (exact) mass is 238 g/mol. The van der Waals surface area contributed by atoms with Crippen LogP contribution in [-0.4, -0.2) is 45.0 Å². The third-order valence-corrected chi connectivity index (χ3v) is 2.61. The van der Waals surface area contributed by atoms with Crippen molar-refractivity contribution in [2.45, 2.75) is 13.0 Å². The van der Waals surface area contributed by atoms with Crippen molar-refractivity contribution in [1.29, 1.82) is 0 Å². The zero-order valence-electron chi connectivity index (χ0n) is 10.8. The fourth-order valence-corrected chi connectivity index (χ4v) is 1.64. The molecule has 0 heterocycles. The van der Waals surface area contributed by atoms with Gasteiger partial charge < -0.3 is 20.1 Å². The van der Waals surface area contributed by atoms with Crippen molar-refractivity contribution < 1.29 is 9.84 Å². The van der Waals surface area contributed by atoms with Crippen LogP contribution in [0.4, 0.5) is 5.69 Å². The second-order valence-corrected chi connectivity index (χ2v) is 4.04. The number of methoxy groups -OCH3 is 1. The van der Waals surface area contributed by atoms with E-state index in [-0.39, 0.29) is 6.10 Å². The number of anilines is 1. The Balaban J connectivity index is 2.53. The second kappa shape index (κ2) is 7.14. The van der Waals surface area contributed by atoms with E-state index in [9.17, 15) is 5.11 Å². The molecule has 0 aromatic heterocycles. The van der Waals surface area contributed by atoms with Gasteiger partial charge in [-0.1, -0.05) is 13.0 Å². The number of benzene rings is 1. The lowest BCUT2D eigenvalue weighted by molar-refractivity contribution is 0.179. The number of nitrogens with zero attached hydrogens (tertiary/aromatic N) is 1. The van der Waals surface area contributed by atoms with Crippen LogP contribution >= 0.6 is 0 Å². The Labute approximate surface area is 103 Å². The van der Waals surface area contributed by atoms with Gasteiger partial charge in [-0.25, -0.2) is 0 Å². The molecular formula is C13H22N2O2. The molecule has 4 nitrogen and oxygen atoms in total. The molecule has 0 saturated heterocycles. The zero-order chi connectivity index (χ0) is 12.7. The minimum absolute atomic E-state index is 0.369. The van der Waals surface area contributed by atoms with Crippen molar-refractivity contribution in [3.63, 3.8) is 0 Å². The van der Waals surface area contributed by atoms with Crippen LogP contribution in [0.2, 0.25) is 0 Å². The van der Waals surface area contributed by atoms with Crippen LogP contribution in [0.1, 0.15) is 6.92 Å². The van der Waals surface area contributed by atoms with Gasteiger partial charge >= 0.3 is 0 Å². The molecule has 0 saturated carbocycles. The minimum Gasteiger partial charge on any atom is -0.497 e. The Morgan fingerprint density at radius 1 is 1.47 bits per heavy atom. The van der Waals surface area contributed by atoms with E-state index in [4.69, 9.17) is 4.74 Å². The van der Waals surface area contributed by atoms with Gasteiger partial charge in [-0.3, -0.25) is 0 Å². The summed E-state index contributed by atoms with van der Waals surface area (Å²) in [5.74, 6) is 0.829. The minimum atomic E-state index is -0.369. The highest BCUT2D eigenvalue weighted by molar-refractivity contribution is 5.50. The van der Waals surface area contributed by atoms with Gasteiger partial charge in [0.2, 0.25) is 0 Å². The molecule has 0 aliphatic heterocycles. The van der Waals surface area contributed by atoms with Crippen molar-refractivity contribution in [2.24, 2.45) is 0 Å². The molecule has 1 atom stereocenters. The molecule has 1 rings (SSSR count). The Bertz CT molecular complexity index is 331. The van der Waals surface area contributed by atoms with Gasteiger partial charge in [0, 0.05) is 31.9 Å². The highest BCUT2D eigenvalue weighted by Crippen LogP contribution is 2.19. The maximum atomic E-state index is 9.80. The molecule has 0 bridgehead atoms. The van der Waals surface area contributed by atoms with Gasteiger partial charge in [0.25, 0.3) is 0 Å². The number of ether oxygens (including phenoxy) is 1. The number of hydrogen-bond acceptors (Lipinski definition) is 4. The summed E-state index contributed by atoms with van der Waals surface area (Å²) < 4.78 is 5.17. The standard InChI is InChI=1S/C13H22N2O2/c1-4-14-9-12(16)10-15(2)11-6-5-7-13(8-11)17-3/h5-8,12,14,16H,4,9-10H2,1-3H3. The van der Waals surface area contributed by atoms with E-state index in [0.29, 0.717) is 13.1 Å². The van der Waals surface area contributed by atoms with Crippen molar-refractivity contribution >= 4 is 5.69 Å². The van der Waals surface area contributed by atoms with Crippen LogP contribution < -0.4 is 15.0 Å². The Morgan fingerprint density at radius 3 is 2.88 bits per heavy atom. The fraction of sp³-hybridized carbons (Fsp3) is 0.538. The van der Waals surface area contributed by atoms with Crippen LogP contribution in [0, 0.1) is 0 Å². The van der Waals surface area contributed by atoms with E-state index in [1.54, 1.807) is 7.11 Å². The normalized spacial score (nSPS) is 12.2. The first kappa shape index (κ1) is 13.8. The SMILES string of the molecule is CCNCC(O)CN(C)c1cccc(OC)c1. The number of aliphatic hydroxyl groups is 1. The molecule has 0 aliphatic carbocycles.